The first kappa shape index (κ1) is 20.0. The number of amidine groups is 1. The van der Waals surface area contributed by atoms with Crippen LogP contribution in [-0.2, 0) is 0 Å². The molecular weight excluding hydrogens is 386 g/mol. The van der Waals surface area contributed by atoms with Gasteiger partial charge in [0, 0.05) is 23.4 Å². The molecule has 0 aromatic heterocycles. The zero-order valence-electron chi connectivity index (χ0n) is 15.6. The SMILES string of the molecule is Cc1ccc(N=C(NNC(=S)Nc2ccc([N+](=O)[O-])cc2)c2ccccc2)cc1. The van der Waals surface area contributed by atoms with E-state index in [0.717, 1.165) is 16.8 Å². The number of nitrogens with zero attached hydrogens (tertiary/aromatic N) is 2. The molecule has 0 unspecified atom stereocenters. The predicted octanol–water partition coefficient (Wildman–Crippen LogP) is 4.47. The molecule has 29 heavy (non-hydrogen) atoms. The van der Waals surface area contributed by atoms with Gasteiger partial charge in [-0.2, -0.15) is 0 Å². The van der Waals surface area contributed by atoms with Crippen molar-refractivity contribution < 1.29 is 4.92 Å². The third-order valence-corrected chi connectivity index (χ3v) is 4.16. The van der Waals surface area contributed by atoms with Crippen molar-refractivity contribution in [1.29, 1.82) is 0 Å². The molecule has 7 nitrogen and oxygen atoms in total. The number of aliphatic imine (C=N–C) groups is 1. The summed E-state index contributed by atoms with van der Waals surface area (Å²) in [5, 5.41) is 14.0. The molecule has 3 N–H and O–H groups in total. The molecule has 3 aromatic rings. The van der Waals surface area contributed by atoms with Crippen molar-refractivity contribution in [2.24, 2.45) is 4.99 Å². The lowest BCUT2D eigenvalue weighted by atomic mass is 10.2. The topological polar surface area (TPSA) is 91.6 Å². The number of nitro benzene ring substituents is 1. The highest BCUT2D eigenvalue weighted by Crippen LogP contribution is 2.16. The summed E-state index contributed by atoms with van der Waals surface area (Å²) in [6, 6.07) is 23.5. The summed E-state index contributed by atoms with van der Waals surface area (Å²) in [6.45, 7) is 2.02. The van der Waals surface area contributed by atoms with E-state index in [-0.39, 0.29) is 5.69 Å². The number of hydrogen-bond acceptors (Lipinski definition) is 4. The van der Waals surface area contributed by atoms with Crippen LogP contribution < -0.4 is 16.2 Å². The van der Waals surface area contributed by atoms with Gasteiger partial charge in [0.2, 0.25) is 0 Å². The Morgan fingerprint density at radius 3 is 2.21 bits per heavy atom. The highest BCUT2D eigenvalue weighted by molar-refractivity contribution is 7.80. The fourth-order valence-corrected chi connectivity index (χ4v) is 2.62. The molecule has 0 heterocycles. The quantitative estimate of drug-likeness (QED) is 0.195. The zero-order chi connectivity index (χ0) is 20.6. The van der Waals surface area contributed by atoms with Gasteiger partial charge in [-0.25, -0.2) is 4.99 Å². The fourth-order valence-electron chi connectivity index (χ4n) is 2.45. The van der Waals surface area contributed by atoms with Crippen molar-refractivity contribution in [2.45, 2.75) is 6.92 Å². The first-order valence-electron chi connectivity index (χ1n) is 8.79. The van der Waals surface area contributed by atoms with Crippen LogP contribution in [0.2, 0.25) is 0 Å². The van der Waals surface area contributed by atoms with Crippen LogP contribution in [0.3, 0.4) is 0 Å². The van der Waals surface area contributed by atoms with Gasteiger partial charge in [-0.05, 0) is 43.4 Å². The summed E-state index contributed by atoms with van der Waals surface area (Å²) in [6.07, 6.45) is 0. The molecule has 146 valence electrons. The third-order valence-electron chi connectivity index (χ3n) is 3.95. The van der Waals surface area contributed by atoms with Crippen LogP contribution in [0.4, 0.5) is 17.1 Å². The molecule has 8 heteroatoms. The van der Waals surface area contributed by atoms with Gasteiger partial charge < -0.3 is 5.32 Å². The van der Waals surface area contributed by atoms with Crippen molar-refractivity contribution in [3.05, 3.63) is 100 Å². The summed E-state index contributed by atoms with van der Waals surface area (Å²) in [4.78, 5) is 15.0. The molecule has 0 spiro atoms. The average molecular weight is 405 g/mol. The van der Waals surface area contributed by atoms with E-state index in [1.54, 1.807) is 12.1 Å². The number of nitro groups is 1. The molecule has 0 saturated heterocycles. The van der Waals surface area contributed by atoms with Crippen LogP contribution in [0.1, 0.15) is 11.1 Å². The van der Waals surface area contributed by atoms with Crippen molar-refractivity contribution in [3.63, 3.8) is 0 Å². The largest absolute Gasteiger partial charge is 0.331 e. The number of benzene rings is 3. The van der Waals surface area contributed by atoms with Crippen molar-refractivity contribution >= 4 is 40.2 Å². The number of hydrazine groups is 1. The number of aryl methyl sites for hydroxylation is 1. The molecule has 0 aliphatic heterocycles. The monoisotopic (exact) mass is 405 g/mol. The minimum atomic E-state index is -0.449. The van der Waals surface area contributed by atoms with Gasteiger partial charge in [0.15, 0.2) is 10.9 Å². The molecule has 0 aliphatic rings. The molecule has 0 aliphatic carbocycles. The van der Waals surface area contributed by atoms with Crippen molar-refractivity contribution in [2.75, 3.05) is 5.32 Å². The number of non-ortho nitro benzene ring substituents is 1. The van der Waals surface area contributed by atoms with Crippen molar-refractivity contribution in [3.8, 4) is 0 Å². The van der Waals surface area contributed by atoms with Crippen LogP contribution in [-0.4, -0.2) is 15.9 Å². The molecule has 0 saturated carbocycles. The van der Waals surface area contributed by atoms with Crippen LogP contribution in [0, 0.1) is 17.0 Å². The van der Waals surface area contributed by atoms with Crippen LogP contribution in [0.25, 0.3) is 0 Å². The van der Waals surface area contributed by atoms with E-state index < -0.39 is 4.92 Å². The summed E-state index contributed by atoms with van der Waals surface area (Å²) >= 11 is 5.30. The molecule has 0 atom stereocenters. The second-order valence-electron chi connectivity index (χ2n) is 6.17. The van der Waals surface area contributed by atoms with Crippen molar-refractivity contribution in [1.82, 2.24) is 10.9 Å². The zero-order valence-corrected chi connectivity index (χ0v) is 16.4. The Morgan fingerprint density at radius 2 is 1.59 bits per heavy atom. The van der Waals surface area contributed by atoms with E-state index >= 15 is 0 Å². The summed E-state index contributed by atoms with van der Waals surface area (Å²) in [7, 11) is 0. The predicted molar refractivity (Wildman–Crippen MR) is 119 cm³/mol. The van der Waals surface area contributed by atoms with E-state index in [4.69, 9.17) is 12.2 Å². The van der Waals surface area contributed by atoms with Gasteiger partial charge in [0.25, 0.3) is 5.69 Å². The number of nitrogens with one attached hydrogen (secondary N) is 3. The first-order valence-corrected chi connectivity index (χ1v) is 9.20. The van der Waals surface area contributed by atoms with Crippen LogP contribution in [0.15, 0.2) is 83.9 Å². The van der Waals surface area contributed by atoms with E-state index in [9.17, 15) is 10.1 Å². The Bertz CT molecular complexity index is 1020. The van der Waals surface area contributed by atoms with E-state index in [0.29, 0.717) is 16.6 Å². The standard InChI is InChI=1S/C21H19N5O2S/c1-15-7-9-17(10-8-15)22-20(16-5-3-2-4-6-16)24-25-21(29)23-18-11-13-19(14-12-18)26(27)28/h2-14H,1H3,(H,22,24)(H2,23,25,29). The Balaban J connectivity index is 1.70. The van der Waals surface area contributed by atoms with Crippen LogP contribution >= 0.6 is 12.2 Å². The van der Waals surface area contributed by atoms with Gasteiger partial charge in [0.05, 0.1) is 10.6 Å². The lowest BCUT2D eigenvalue weighted by molar-refractivity contribution is -0.384. The summed E-state index contributed by atoms with van der Waals surface area (Å²) in [5.41, 5.74) is 9.44. The van der Waals surface area contributed by atoms with Crippen LogP contribution in [0.5, 0.6) is 0 Å². The van der Waals surface area contributed by atoms with Gasteiger partial charge in [-0.3, -0.25) is 21.0 Å². The third kappa shape index (κ3) is 5.85. The Morgan fingerprint density at radius 1 is 0.931 bits per heavy atom. The van der Waals surface area contributed by atoms with Gasteiger partial charge in [0.1, 0.15) is 0 Å². The molecule has 3 aromatic carbocycles. The lowest BCUT2D eigenvalue weighted by Gasteiger charge is -2.14. The molecule has 0 bridgehead atoms. The van der Waals surface area contributed by atoms with E-state index in [1.807, 2.05) is 61.5 Å². The fraction of sp³-hybridized carbons (Fsp3) is 0.0476. The van der Waals surface area contributed by atoms with Gasteiger partial charge in [-0.15, -0.1) is 0 Å². The Kier molecular flexibility index (Phi) is 6.49. The number of hydrogen-bond donors (Lipinski definition) is 3. The Labute approximate surface area is 173 Å². The number of anilines is 1. The second-order valence-corrected chi connectivity index (χ2v) is 6.58. The normalized spacial score (nSPS) is 10.9. The average Bonchev–Trinajstić information content (AvgIpc) is 2.73. The van der Waals surface area contributed by atoms with E-state index in [2.05, 4.69) is 21.2 Å². The minimum Gasteiger partial charge on any atom is -0.331 e. The number of rotatable bonds is 4. The second kappa shape index (κ2) is 9.43. The minimum absolute atomic E-state index is 0.0177. The molecule has 0 fully saturated rings. The summed E-state index contributed by atoms with van der Waals surface area (Å²) in [5.74, 6) is 0.599. The highest BCUT2D eigenvalue weighted by Gasteiger charge is 2.07. The maximum Gasteiger partial charge on any atom is 0.269 e. The van der Waals surface area contributed by atoms with E-state index in [1.165, 1.54) is 12.1 Å². The molecule has 0 amide bonds. The highest BCUT2D eigenvalue weighted by atomic mass is 32.1. The number of thiocarbonyl (C=S) groups is 1. The molecule has 3 rings (SSSR count). The maximum absolute atomic E-state index is 10.7. The van der Waals surface area contributed by atoms with Gasteiger partial charge >= 0.3 is 0 Å². The first-order chi connectivity index (χ1) is 14.0. The summed E-state index contributed by atoms with van der Waals surface area (Å²) < 4.78 is 0. The van der Waals surface area contributed by atoms with Gasteiger partial charge in [-0.1, -0.05) is 48.0 Å². The molecular formula is C21H19N5O2S. The smallest absolute Gasteiger partial charge is 0.269 e. The maximum atomic E-state index is 10.7. The lowest BCUT2D eigenvalue weighted by Crippen LogP contribution is -2.44. The molecule has 0 radical (unpaired) electrons. The Hall–Kier alpha value is -3.78.